The van der Waals surface area contributed by atoms with Crippen LogP contribution in [0.2, 0.25) is 0 Å². The average Bonchev–Trinajstić information content (AvgIpc) is 2.85. The molecule has 1 heterocycles. The number of hydrogen-bond donors (Lipinski definition) is 1. The van der Waals surface area contributed by atoms with Gasteiger partial charge in [-0.1, -0.05) is 31.1 Å². The molecule has 8 nitrogen and oxygen atoms in total. The third kappa shape index (κ3) is 3.62. The Morgan fingerprint density at radius 2 is 2.10 bits per heavy atom. The minimum Gasteiger partial charge on any atom is -0.403 e. The number of aromatic nitrogens is 2. The van der Waals surface area contributed by atoms with E-state index < -0.39 is 4.92 Å². The number of benzene rings is 1. The molecule has 0 saturated carbocycles. The third-order valence-corrected chi connectivity index (χ3v) is 2.60. The van der Waals surface area contributed by atoms with Gasteiger partial charge in [0.2, 0.25) is 5.91 Å². The highest BCUT2D eigenvalue weighted by molar-refractivity contribution is 5.88. The Balaban J connectivity index is 2.21. The molecule has 21 heavy (non-hydrogen) atoms. The smallest absolute Gasteiger partial charge is 0.322 e. The standard InChI is InChI=1S/C13H14N4O4/c1-8(2)7-11(18)14-13-16-15-12(21-13)9-5-3-4-6-10(9)17(19)20/h3-6,8H,7H2,1-2H3,(H,14,16,18). The van der Waals surface area contributed by atoms with Gasteiger partial charge in [-0.3, -0.25) is 20.2 Å². The molecule has 2 aromatic rings. The fourth-order valence-corrected chi connectivity index (χ4v) is 1.74. The van der Waals surface area contributed by atoms with Crippen LogP contribution in [0.1, 0.15) is 20.3 Å². The van der Waals surface area contributed by atoms with Crippen molar-refractivity contribution in [3.05, 3.63) is 34.4 Å². The number of nitrogens with zero attached hydrogens (tertiary/aromatic N) is 3. The van der Waals surface area contributed by atoms with Crippen molar-refractivity contribution in [1.29, 1.82) is 0 Å². The summed E-state index contributed by atoms with van der Waals surface area (Å²) in [4.78, 5) is 22.0. The summed E-state index contributed by atoms with van der Waals surface area (Å²) in [6, 6.07) is 5.95. The van der Waals surface area contributed by atoms with Crippen LogP contribution >= 0.6 is 0 Å². The van der Waals surface area contributed by atoms with Crippen LogP contribution in [-0.2, 0) is 4.79 Å². The second-order valence-electron chi connectivity index (χ2n) is 4.83. The Morgan fingerprint density at radius 1 is 1.38 bits per heavy atom. The Kier molecular flexibility index (Phi) is 4.27. The quantitative estimate of drug-likeness (QED) is 0.669. The molecule has 110 valence electrons. The van der Waals surface area contributed by atoms with Gasteiger partial charge < -0.3 is 4.42 Å². The van der Waals surface area contributed by atoms with Crippen molar-refractivity contribution in [2.45, 2.75) is 20.3 Å². The van der Waals surface area contributed by atoms with Gasteiger partial charge in [-0.15, -0.1) is 5.10 Å². The van der Waals surface area contributed by atoms with E-state index in [2.05, 4.69) is 15.5 Å². The Hall–Kier alpha value is -2.77. The van der Waals surface area contributed by atoms with Crippen molar-refractivity contribution in [1.82, 2.24) is 10.2 Å². The van der Waals surface area contributed by atoms with Gasteiger partial charge in [-0.25, -0.2) is 0 Å². The number of carbonyl (C=O) groups excluding carboxylic acids is 1. The highest BCUT2D eigenvalue weighted by Crippen LogP contribution is 2.29. The zero-order chi connectivity index (χ0) is 15.4. The fourth-order valence-electron chi connectivity index (χ4n) is 1.74. The van der Waals surface area contributed by atoms with Crippen LogP contribution in [0.3, 0.4) is 0 Å². The number of nitrogens with one attached hydrogen (secondary N) is 1. The maximum Gasteiger partial charge on any atom is 0.322 e. The zero-order valence-corrected chi connectivity index (χ0v) is 11.6. The molecule has 2 rings (SSSR count). The molecule has 0 radical (unpaired) electrons. The Labute approximate surface area is 120 Å². The number of para-hydroxylation sites is 1. The summed E-state index contributed by atoms with van der Waals surface area (Å²) in [5.74, 6) is -0.0625. The van der Waals surface area contributed by atoms with E-state index in [-0.39, 0.29) is 35.0 Å². The van der Waals surface area contributed by atoms with Crippen LogP contribution in [0.5, 0.6) is 0 Å². The lowest BCUT2D eigenvalue weighted by molar-refractivity contribution is -0.384. The highest BCUT2D eigenvalue weighted by atomic mass is 16.6. The summed E-state index contributed by atoms with van der Waals surface area (Å²) < 4.78 is 5.25. The number of anilines is 1. The van der Waals surface area contributed by atoms with Crippen LogP contribution < -0.4 is 5.32 Å². The first-order chi connectivity index (χ1) is 9.97. The Bertz CT molecular complexity index is 666. The van der Waals surface area contributed by atoms with Gasteiger partial charge in [-0.2, -0.15) is 0 Å². The maximum atomic E-state index is 11.6. The molecular formula is C13H14N4O4. The van der Waals surface area contributed by atoms with Gasteiger partial charge in [-0.05, 0) is 12.0 Å². The van der Waals surface area contributed by atoms with Gasteiger partial charge in [0.15, 0.2) is 0 Å². The molecule has 8 heteroatoms. The number of nitro groups is 1. The van der Waals surface area contributed by atoms with E-state index in [0.29, 0.717) is 6.42 Å². The summed E-state index contributed by atoms with van der Waals surface area (Å²) in [7, 11) is 0. The molecule has 0 fully saturated rings. The number of hydrogen-bond acceptors (Lipinski definition) is 6. The molecule has 1 aromatic heterocycles. The van der Waals surface area contributed by atoms with Crippen LogP contribution in [0.25, 0.3) is 11.5 Å². The van der Waals surface area contributed by atoms with Crippen LogP contribution in [0, 0.1) is 16.0 Å². The van der Waals surface area contributed by atoms with E-state index in [1.165, 1.54) is 12.1 Å². The minimum absolute atomic E-state index is 0.0119. The van der Waals surface area contributed by atoms with E-state index in [1.54, 1.807) is 12.1 Å². The molecule has 0 bridgehead atoms. The predicted octanol–water partition coefficient (Wildman–Crippen LogP) is 2.63. The van der Waals surface area contributed by atoms with Crippen LogP contribution in [0.15, 0.2) is 28.7 Å². The summed E-state index contributed by atoms with van der Waals surface area (Å²) in [5.41, 5.74) is 0.0700. The van der Waals surface area contributed by atoms with Gasteiger partial charge >= 0.3 is 6.01 Å². The van der Waals surface area contributed by atoms with Crippen molar-refractivity contribution in [2.75, 3.05) is 5.32 Å². The van der Waals surface area contributed by atoms with E-state index in [9.17, 15) is 14.9 Å². The van der Waals surface area contributed by atoms with Gasteiger partial charge in [0, 0.05) is 12.5 Å². The summed E-state index contributed by atoms with van der Waals surface area (Å²) in [6.07, 6.45) is 0.323. The first-order valence-corrected chi connectivity index (χ1v) is 6.34. The fraction of sp³-hybridized carbons (Fsp3) is 0.308. The minimum atomic E-state index is -0.531. The highest BCUT2D eigenvalue weighted by Gasteiger charge is 2.20. The summed E-state index contributed by atoms with van der Waals surface area (Å²) >= 11 is 0. The van der Waals surface area contributed by atoms with Gasteiger partial charge in [0.05, 0.1) is 4.92 Å². The number of amides is 1. The maximum absolute atomic E-state index is 11.6. The average molecular weight is 290 g/mol. The molecule has 0 aliphatic carbocycles. The SMILES string of the molecule is CC(C)CC(=O)Nc1nnc(-c2ccccc2[N+](=O)[O-])o1. The van der Waals surface area contributed by atoms with E-state index >= 15 is 0 Å². The lowest BCUT2D eigenvalue weighted by Gasteiger charge is -2.02. The second kappa shape index (κ2) is 6.12. The van der Waals surface area contributed by atoms with Crippen molar-refractivity contribution >= 4 is 17.6 Å². The predicted molar refractivity (Wildman–Crippen MR) is 74.5 cm³/mol. The molecule has 0 unspecified atom stereocenters. The molecule has 1 aromatic carbocycles. The van der Waals surface area contributed by atoms with Crippen molar-refractivity contribution in [3.63, 3.8) is 0 Å². The number of carbonyl (C=O) groups is 1. The molecule has 0 aliphatic heterocycles. The Morgan fingerprint density at radius 3 is 2.76 bits per heavy atom. The first kappa shape index (κ1) is 14.6. The van der Waals surface area contributed by atoms with E-state index in [4.69, 9.17) is 4.42 Å². The largest absolute Gasteiger partial charge is 0.403 e. The third-order valence-electron chi connectivity index (χ3n) is 2.60. The van der Waals surface area contributed by atoms with Gasteiger partial charge in [0.25, 0.3) is 11.6 Å². The lowest BCUT2D eigenvalue weighted by Crippen LogP contribution is -2.13. The lowest BCUT2D eigenvalue weighted by atomic mass is 10.1. The normalized spacial score (nSPS) is 10.6. The molecule has 0 saturated heterocycles. The zero-order valence-electron chi connectivity index (χ0n) is 11.6. The van der Waals surface area contributed by atoms with Crippen molar-refractivity contribution in [3.8, 4) is 11.5 Å². The topological polar surface area (TPSA) is 111 Å². The van der Waals surface area contributed by atoms with Crippen molar-refractivity contribution < 1.29 is 14.1 Å². The second-order valence-corrected chi connectivity index (χ2v) is 4.83. The molecular weight excluding hydrogens is 276 g/mol. The molecule has 0 aliphatic rings. The van der Waals surface area contributed by atoms with Crippen molar-refractivity contribution in [2.24, 2.45) is 5.92 Å². The monoisotopic (exact) mass is 290 g/mol. The molecule has 1 N–H and O–H groups in total. The van der Waals surface area contributed by atoms with Crippen LogP contribution in [0.4, 0.5) is 11.7 Å². The van der Waals surface area contributed by atoms with E-state index in [0.717, 1.165) is 0 Å². The summed E-state index contributed by atoms with van der Waals surface area (Å²) in [5, 5.41) is 20.8. The number of rotatable bonds is 5. The first-order valence-electron chi connectivity index (χ1n) is 6.34. The summed E-state index contributed by atoms with van der Waals surface area (Å²) in [6.45, 7) is 3.82. The molecule has 0 spiro atoms. The molecule has 0 atom stereocenters. The van der Waals surface area contributed by atoms with Gasteiger partial charge in [0.1, 0.15) is 5.56 Å². The molecule has 1 amide bonds. The van der Waals surface area contributed by atoms with E-state index in [1.807, 2.05) is 13.8 Å². The number of nitro benzene ring substituents is 1. The van der Waals surface area contributed by atoms with Crippen LogP contribution in [-0.4, -0.2) is 21.0 Å².